The number of ether oxygens (including phenoxy) is 1. The van der Waals surface area contributed by atoms with Crippen molar-refractivity contribution in [2.45, 2.75) is 12.4 Å². The summed E-state index contributed by atoms with van der Waals surface area (Å²) >= 11 is 0. The van der Waals surface area contributed by atoms with E-state index in [1.54, 1.807) is 0 Å². The molecule has 0 unspecified atom stereocenters. The van der Waals surface area contributed by atoms with Crippen LogP contribution < -0.4 is 10.9 Å². The van der Waals surface area contributed by atoms with Gasteiger partial charge in [0.1, 0.15) is 5.69 Å². The first kappa shape index (κ1) is 24.3. The van der Waals surface area contributed by atoms with Crippen molar-refractivity contribution in [2.24, 2.45) is 7.05 Å². The number of carbonyl (C=O) groups excluding carboxylic acids is 2. The summed E-state index contributed by atoms with van der Waals surface area (Å²) in [5, 5.41) is 2.02. The minimum absolute atomic E-state index is 0.00526. The third-order valence-electron chi connectivity index (χ3n) is 4.83. The molecule has 2 amide bonds. The zero-order valence-corrected chi connectivity index (χ0v) is 17.0. The molecule has 1 aliphatic heterocycles. The van der Waals surface area contributed by atoms with Gasteiger partial charge in [-0.05, 0) is 24.3 Å². The first-order valence-electron chi connectivity index (χ1n) is 9.46. The molecule has 0 aliphatic carbocycles. The minimum atomic E-state index is -5.14. The van der Waals surface area contributed by atoms with Gasteiger partial charge in [-0.15, -0.1) is 0 Å². The molecular formula is C20H17F6N3O4. The van der Waals surface area contributed by atoms with Crippen LogP contribution in [0.2, 0.25) is 0 Å². The number of halogens is 6. The van der Waals surface area contributed by atoms with Gasteiger partial charge >= 0.3 is 12.4 Å². The Bertz CT molecular complexity index is 1100. The van der Waals surface area contributed by atoms with Crippen LogP contribution in [-0.2, 0) is 24.1 Å². The number of anilines is 1. The Hall–Kier alpha value is -3.35. The van der Waals surface area contributed by atoms with Gasteiger partial charge in [-0.25, -0.2) is 0 Å². The van der Waals surface area contributed by atoms with Crippen molar-refractivity contribution in [3.63, 3.8) is 0 Å². The number of hydrogen-bond acceptors (Lipinski definition) is 4. The van der Waals surface area contributed by atoms with E-state index in [9.17, 15) is 40.7 Å². The molecule has 7 nitrogen and oxygen atoms in total. The largest absolute Gasteiger partial charge is 0.416 e. The molecule has 1 aromatic carbocycles. The molecule has 13 heteroatoms. The van der Waals surface area contributed by atoms with Crippen LogP contribution in [0.1, 0.15) is 31.8 Å². The molecule has 1 aromatic heterocycles. The first-order valence-corrected chi connectivity index (χ1v) is 9.46. The molecule has 0 saturated carbocycles. The Morgan fingerprint density at radius 2 is 1.45 bits per heavy atom. The third kappa shape index (κ3) is 5.53. The first-order chi connectivity index (χ1) is 15.3. The summed E-state index contributed by atoms with van der Waals surface area (Å²) in [5.74, 6) is -1.86. The van der Waals surface area contributed by atoms with Crippen molar-refractivity contribution in [3.8, 4) is 0 Å². The Morgan fingerprint density at radius 1 is 0.909 bits per heavy atom. The van der Waals surface area contributed by atoms with Crippen LogP contribution in [0.3, 0.4) is 0 Å². The molecule has 3 rings (SSSR count). The third-order valence-corrected chi connectivity index (χ3v) is 4.83. The normalized spacial score (nSPS) is 14.8. The molecule has 1 fully saturated rings. The number of nitrogens with one attached hydrogen (secondary N) is 1. The summed E-state index contributed by atoms with van der Waals surface area (Å²) in [5.41, 5.74) is -5.60. The maximum absolute atomic E-state index is 13.1. The van der Waals surface area contributed by atoms with Gasteiger partial charge in [0.25, 0.3) is 17.4 Å². The number of carbonyl (C=O) groups is 2. The summed E-state index contributed by atoms with van der Waals surface area (Å²) in [4.78, 5) is 39.0. The molecule has 2 heterocycles. The number of amides is 2. The van der Waals surface area contributed by atoms with E-state index in [1.807, 2.05) is 5.32 Å². The number of aryl methyl sites for hydroxylation is 1. The van der Waals surface area contributed by atoms with Crippen LogP contribution in [0.25, 0.3) is 0 Å². The lowest BCUT2D eigenvalue weighted by Gasteiger charge is -2.27. The molecular weight excluding hydrogens is 460 g/mol. The van der Waals surface area contributed by atoms with Crippen molar-refractivity contribution in [1.29, 1.82) is 0 Å². The molecule has 0 radical (unpaired) electrons. The second-order valence-electron chi connectivity index (χ2n) is 7.21. The van der Waals surface area contributed by atoms with E-state index in [0.29, 0.717) is 13.2 Å². The van der Waals surface area contributed by atoms with Crippen LogP contribution in [0.4, 0.5) is 32.0 Å². The fourth-order valence-electron chi connectivity index (χ4n) is 3.15. The zero-order chi connectivity index (χ0) is 24.6. The molecule has 2 aromatic rings. The van der Waals surface area contributed by atoms with E-state index >= 15 is 0 Å². The highest BCUT2D eigenvalue weighted by atomic mass is 19.4. The quantitative estimate of drug-likeness (QED) is 0.689. The van der Waals surface area contributed by atoms with Crippen molar-refractivity contribution >= 4 is 17.5 Å². The second kappa shape index (κ2) is 8.89. The van der Waals surface area contributed by atoms with E-state index < -0.39 is 52.1 Å². The number of morpholine rings is 1. The summed E-state index contributed by atoms with van der Waals surface area (Å²) < 4.78 is 84.5. The molecule has 1 N–H and O–H groups in total. The highest BCUT2D eigenvalue weighted by Crippen LogP contribution is 2.36. The van der Waals surface area contributed by atoms with Gasteiger partial charge in [0.2, 0.25) is 0 Å². The number of rotatable bonds is 3. The summed E-state index contributed by atoms with van der Waals surface area (Å²) in [6.45, 7) is 1.18. The molecule has 0 spiro atoms. The smallest absolute Gasteiger partial charge is 0.378 e. The van der Waals surface area contributed by atoms with Crippen LogP contribution in [-0.4, -0.2) is 47.6 Å². The van der Waals surface area contributed by atoms with Crippen molar-refractivity contribution < 1.29 is 40.7 Å². The van der Waals surface area contributed by atoms with Gasteiger partial charge < -0.3 is 19.5 Å². The summed E-state index contributed by atoms with van der Waals surface area (Å²) in [7, 11) is 1.28. The number of pyridine rings is 1. The summed E-state index contributed by atoms with van der Waals surface area (Å²) in [6, 6.07) is 1.41. The Labute approximate surface area is 182 Å². The van der Waals surface area contributed by atoms with Crippen LogP contribution in [0, 0.1) is 0 Å². The predicted octanol–water partition coefficient (Wildman–Crippen LogP) is 3.15. The van der Waals surface area contributed by atoms with Gasteiger partial charge in [-0.2, -0.15) is 26.3 Å². The maximum atomic E-state index is 13.1. The Balaban J connectivity index is 1.96. The van der Waals surface area contributed by atoms with Crippen LogP contribution in [0.15, 0.2) is 35.3 Å². The second-order valence-corrected chi connectivity index (χ2v) is 7.21. The average molecular weight is 477 g/mol. The van der Waals surface area contributed by atoms with Gasteiger partial charge in [-0.1, -0.05) is 0 Å². The van der Waals surface area contributed by atoms with E-state index in [4.69, 9.17) is 4.74 Å². The van der Waals surface area contributed by atoms with Crippen LogP contribution >= 0.6 is 0 Å². The fraction of sp³-hybridized carbons (Fsp3) is 0.350. The molecule has 0 atom stereocenters. The van der Waals surface area contributed by atoms with Gasteiger partial charge in [-0.3, -0.25) is 14.4 Å². The van der Waals surface area contributed by atoms with Gasteiger partial charge in [0.15, 0.2) is 0 Å². The maximum Gasteiger partial charge on any atom is 0.416 e. The molecule has 0 bridgehead atoms. The van der Waals surface area contributed by atoms with Crippen molar-refractivity contribution in [3.05, 3.63) is 63.1 Å². The number of aromatic nitrogens is 1. The van der Waals surface area contributed by atoms with Gasteiger partial charge in [0.05, 0.1) is 29.9 Å². The lowest BCUT2D eigenvalue weighted by molar-refractivity contribution is -0.143. The average Bonchev–Trinajstić information content (AvgIpc) is 2.75. The number of nitrogens with zero attached hydrogens (tertiary/aromatic N) is 2. The number of benzene rings is 1. The zero-order valence-electron chi connectivity index (χ0n) is 17.0. The fourth-order valence-corrected chi connectivity index (χ4v) is 3.15. The van der Waals surface area contributed by atoms with E-state index in [1.165, 1.54) is 18.1 Å². The van der Waals surface area contributed by atoms with Crippen molar-refractivity contribution in [1.82, 2.24) is 9.47 Å². The highest BCUT2D eigenvalue weighted by molar-refractivity contribution is 6.05. The highest BCUT2D eigenvalue weighted by Gasteiger charge is 2.37. The minimum Gasteiger partial charge on any atom is -0.378 e. The lowest BCUT2D eigenvalue weighted by Crippen LogP contribution is -2.41. The van der Waals surface area contributed by atoms with Crippen LogP contribution in [0.5, 0.6) is 0 Å². The Kier molecular flexibility index (Phi) is 6.54. The van der Waals surface area contributed by atoms with E-state index in [0.717, 1.165) is 10.6 Å². The molecule has 1 saturated heterocycles. The van der Waals surface area contributed by atoms with E-state index in [-0.39, 0.29) is 36.9 Å². The standard InChI is InChI=1S/C20H17F6N3O4/c1-28-10-12(17(31)29-2-4-33-5-3-29)8-15(18(28)32)27-16(30)11-6-13(19(21,22)23)9-14(7-11)20(24,25)26/h6-10H,2-5H2,1H3,(H,27,30). The SMILES string of the molecule is Cn1cc(C(=O)N2CCOCC2)cc(NC(=O)c2cc(C(F)(F)F)cc(C(F)(F)F)c2)c1=O. The monoisotopic (exact) mass is 477 g/mol. The van der Waals surface area contributed by atoms with E-state index in [2.05, 4.69) is 0 Å². The lowest BCUT2D eigenvalue weighted by atomic mass is 10.0. The topological polar surface area (TPSA) is 80.6 Å². The predicted molar refractivity (Wildman–Crippen MR) is 103 cm³/mol. The summed E-state index contributed by atoms with van der Waals surface area (Å²) in [6.07, 6.45) is -9.07. The van der Waals surface area contributed by atoms with Crippen molar-refractivity contribution in [2.75, 3.05) is 31.6 Å². The van der Waals surface area contributed by atoms with Gasteiger partial charge in [0, 0.05) is 31.9 Å². The number of hydrogen-bond donors (Lipinski definition) is 1. The Morgan fingerprint density at radius 3 is 1.97 bits per heavy atom. The molecule has 178 valence electrons. The number of alkyl halides is 6. The molecule has 33 heavy (non-hydrogen) atoms. The molecule has 1 aliphatic rings.